The molecule has 144 valence electrons. The normalized spacial score (nSPS) is 20.8. The molecule has 0 saturated heterocycles. The summed E-state index contributed by atoms with van der Waals surface area (Å²) in [5, 5.41) is 18.3. The Hall–Kier alpha value is -2.08. The Morgan fingerprint density at radius 2 is 1.88 bits per heavy atom. The van der Waals surface area contributed by atoms with Crippen LogP contribution in [0.2, 0.25) is 0 Å². The van der Waals surface area contributed by atoms with Gasteiger partial charge in [0.25, 0.3) is 5.91 Å². The average Bonchev–Trinajstić information content (AvgIpc) is 2.78. The molecule has 0 radical (unpaired) electrons. The van der Waals surface area contributed by atoms with Crippen LogP contribution in [0.3, 0.4) is 0 Å². The number of amides is 3. The largest absolute Gasteiger partial charge is 0.396 e. The molecule has 0 heterocycles. The summed E-state index contributed by atoms with van der Waals surface area (Å²) in [6.45, 7) is 5.85. The Morgan fingerprint density at radius 1 is 1.15 bits per heavy atom. The maximum atomic E-state index is 12.4. The van der Waals surface area contributed by atoms with Crippen LogP contribution >= 0.6 is 0 Å². The quantitative estimate of drug-likeness (QED) is 0.620. The zero-order valence-electron chi connectivity index (χ0n) is 16.0. The smallest absolute Gasteiger partial charge is 0.319 e. The van der Waals surface area contributed by atoms with Gasteiger partial charge in [0, 0.05) is 35.4 Å². The summed E-state index contributed by atoms with van der Waals surface area (Å²) in [6, 6.07) is 6.56. The second-order valence-electron chi connectivity index (χ2n) is 8.07. The summed E-state index contributed by atoms with van der Waals surface area (Å²) in [5.41, 5.74) is 0.745. The fourth-order valence-corrected chi connectivity index (χ4v) is 3.28. The van der Waals surface area contributed by atoms with E-state index in [4.69, 9.17) is 0 Å². The molecule has 26 heavy (non-hydrogen) atoms. The molecule has 1 aromatic rings. The van der Waals surface area contributed by atoms with Crippen molar-refractivity contribution in [1.82, 2.24) is 10.6 Å². The number of nitrogens with one attached hydrogen (secondary N) is 3. The van der Waals surface area contributed by atoms with Crippen LogP contribution in [0.25, 0.3) is 0 Å². The predicted molar refractivity (Wildman–Crippen MR) is 103 cm³/mol. The fraction of sp³-hybridized carbons (Fsp3) is 0.600. The number of aliphatic hydroxyl groups is 1. The van der Waals surface area contributed by atoms with Crippen molar-refractivity contribution in [2.45, 2.75) is 64.5 Å². The van der Waals surface area contributed by atoms with Gasteiger partial charge in [-0.25, -0.2) is 4.79 Å². The third-order valence-corrected chi connectivity index (χ3v) is 4.58. The lowest BCUT2D eigenvalue weighted by molar-refractivity contribution is 0.0919. The van der Waals surface area contributed by atoms with Crippen LogP contribution in [0.15, 0.2) is 24.3 Å². The predicted octanol–water partition coefficient (Wildman–Crippen LogP) is 3.28. The van der Waals surface area contributed by atoms with Crippen molar-refractivity contribution in [1.29, 1.82) is 0 Å². The first-order valence-corrected chi connectivity index (χ1v) is 9.39. The van der Waals surface area contributed by atoms with Crippen molar-refractivity contribution in [3.63, 3.8) is 0 Å². The molecule has 3 amide bonds. The molecule has 2 rings (SSSR count). The molecule has 2 unspecified atom stereocenters. The van der Waals surface area contributed by atoms with Crippen molar-refractivity contribution < 1.29 is 14.7 Å². The van der Waals surface area contributed by atoms with E-state index in [-0.39, 0.29) is 36.0 Å². The number of benzene rings is 1. The van der Waals surface area contributed by atoms with E-state index in [9.17, 15) is 14.7 Å². The molecule has 1 aliphatic rings. The lowest BCUT2D eigenvalue weighted by atomic mass is 9.96. The molecular formula is C20H31N3O3. The minimum Gasteiger partial charge on any atom is -0.396 e. The van der Waals surface area contributed by atoms with Crippen molar-refractivity contribution in [3.8, 4) is 0 Å². The van der Waals surface area contributed by atoms with Gasteiger partial charge in [0.15, 0.2) is 0 Å². The third-order valence-electron chi connectivity index (χ3n) is 4.58. The molecule has 1 fully saturated rings. The maximum absolute atomic E-state index is 12.4. The molecule has 0 bridgehead atoms. The number of hydrogen-bond acceptors (Lipinski definition) is 3. The molecule has 0 aromatic heterocycles. The van der Waals surface area contributed by atoms with E-state index in [1.54, 1.807) is 24.3 Å². The van der Waals surface area contributed by atoms with Crippen molar-refractivity contribution in [3.05, 3.63) is 29.8 Å². The zero-order chi connectivity index (χ0) is 19.2. The highest BCUT2D eigenvalue weighted by atomic mass is 16.3. The Labute approximate surface area is 155 Å². The minimum atomic E-state index is -0.323. The van der Waals surface area contributed by atoms with Gasteiger partial charge in [0.2, 0.25) is 0 Å². The second-order valence-corrected chi connectivity index (χ2v) is 8.07. The number of carbonyl (C=O) groups is 2. The standard InChI is InChI=1S/C20H31N3O3/c1-20(2,3)23-18(25)14-9-7-10-16(12-14)21-19(26)22-17-11-6-4-5-8-15(17)13-24/h7,9-10,12,15,17,24H,4-6,8,11,13H2,1-3H3,(H,23,25)(H2,21,22,26). The van der Waals surface area contributed by atoms with Gasteiger partial charge in [-0.05, 0) is 51.8 Å². The molecule has 4 N–H and O–H groups in total. The number of aliphatic hydroxyl groups excluding tert-OH is 1. The monoisotopic (exact) mass is 361 g/mol. The van der Waals surface area contributed by atoms with Crippen LogP contribution in [-0.2, 0) is 0 Å². The second kappa shape index (κ2) is 9.03. The summed E-state index contributed by atoms with van der Waals surface area (Å²) in [7, 11) is 0. The molecule has 0 spiro atoms. The minimum absolute atomic E-state index is 0.0186. The highest BCUT2D eigenvalue weighted by molar-refractivity contribution is 5.97. The lowest BCUT2D eigenvalue weighted by Gasteiger charge is -2.24. The SMILES string of the molecule is CC(C)(C)NC(=O)c1cccc(NC(=O)NC2CCCCCC2CO)c1. The first-order valence-electron chi connectivity index (χ1n) is 9.39. The van der Waals surface area contributed by atoms with Crippen LogP contribution in [0.1, 0.15) is 63.2 Å². The van der Waals surface area contributed by atoms with E-state index in [0.717, 1.165) is 32.1 Å². The van der Waals surface area contributed by atoms with Crippen LogP contribution in [0, 0.1) is 5.92 Å². The Balaban J connectivity index is 1.98. The third kappa shape index (κ3) is 6.33. The Morgan fingerprint density at radius 3 is 2.58 bits per heavy atom. The van der Waals surface area contributed by atoms with Gasteiger partial charge in [-0.15, -0.1) is 0 Å². The number of urea groups is 1. The first kappa shape index (κ1) is 20.2. The van der Waals surface area contributed by atoms with Crippen LogP contribution in [0.5, 0.6) is 0 Å². The van der Waals surface area contributed by atoms with E-state index in [1.165, 1.54) is 0 Å². The van der Waals surface area contributed by atoms with E-state index < -0.39 is 0 Å². The molecule has 6 nitrogen and oxygen atoms in total. The summed E-state index contributed by atoms with van der Waals surface area (Å²) in [4.78, 5) is 24.6. The molecule has 1 aromatic carbocycles. The summed E-state index contributed by atoms with van der Waals surface area (Å²) < 4.78 is 0. The highest BCUT2D eigenvalue weighted by Gasteiger charge is 2.24. The van der Waals surface area contributed by atoms with Crippen molar-refractivity contribution in [2.24, 2.45) is 5.92 Å². The van der Waals surface area contributed by atoms with Crippen LogP contribution in [-0.4, -0.2) is 35.2 Å². The molecule has 0 aliphatic heterocycles. The number of hydrogen-bond donors (Lipinski definition) is 4. The van der Waals surface area contributed by atoms with Crippen molar-refractivity contribution in [2.75, 3.05) is 11.9 Å². The highest BCUT2D eigenvalue weighted by Crippen LogP contribution is 2.23. The Bertz CT molecular complexity index is 625. The maximum Gasteiger partial charge on any atom is 0.319 e. The summed E-state index contributed by atoms with van der Waals surface area (Å²) in [6.07, 6.45) is 5.11. The van der Waals surface area contributed by atoms with Gasteiger partial charge < -0.3 is 21.1 Å². The number of carbonyl (C=O) groups excluding carboxylic acids is 2. The number of rotatable bonds is 4. The van der Waals surface area contributed by atoms with Crippen molar-refractivity contribution >= 4 is 17.6 Å². The lowest BCUT2D eigenvalue weighted by Crippen LogP contribution is -2.43. The van der Waals surface area contributed by atoms with Gasteiger partial charge in [0.1, 0.15) is 0 Å². The van der Waals surface area contributed by atoms with Gasteiger partial charge in [-0.3, -0.25) is 4.79 Å². The van der Waals surface area contributed by atoms with E-state index in [1.807, 2.05) is 20.8 Å². The first-order chi connectivity index (χ1) is 12.3. The molecule has 1 saturated carbocycles. The zero-order valence-corrected chi connectivity index (χ0v) is 16.0. The number of anilines is 1. The molecule has 1 aliphatic carbocycles. The van der Waals surface area contributed by atoms with Crippen LogP contribution in [0.4, 0.5) is 10.5 Å². The fourth-order valence-electron chi connectivity index (χ4n) is 3.28. The van der Waals surface area contributed by atoms with E-state index in [0.29, 0.717) is 11.3 Å². The van der Waals surface area contributed by atoms with Gasteiger partial charge in [-0.2, -0.15) is 0 Å². The average molecular weight is 361 g/mol. The van der Waals surface area contributed by atoms with Gasteiger partial charge in [0.05, 0.1) is 0 Å². The molecular weight excluding hydrogens is 330 g/mol. The van der Waals surface area contributed by atoms with Crippen LogP contribution < -0.4 is 16.0 Å². The summed E-state index contributed by atoms with van der Waals surface area (Å²) in [5.74, 6) is -0.0715. The molecule has 2 atom stereocenters. The molecule has 6 heteroatoms. The Kier molecular flexibility index (Phi) is 7.03. The van der Waals surface area contributed by atoms with E-state index >= 15 is 0 Å². The topological polar surface area (TPSA) is 90.5 Å². The van der Waals surface area contributed by atoms with Gasteiger partial charge >= 0.3 is 6.03 Å². The van der Waals surface area contributed by atoms with E-state index in [2.05, 4.69) is 16.0 Å². The summed E-state index contributed by atoms with van der Waals surface area (Å²) >= 11 is 0. The van der Waals surface area contributed by atoms with Gasteiger partial charge in [-0.1, -0.05) is 25.3 Å².